The number of nitrogens with zero attached hydrogens (tertiary/aromatic N) is 1. The first-order chi connectivity index (χ1) is 7.27. The summed E-state index contributed by atoms with van der Waals surface area (Å²) in [7, 11) is 0. The molecule has 0 unspecified atom stereocenters. The van der Waals surface area contributed by atoms with Crippen LogP contribution >= 0.6 is 11.6 Å². The molecule has 0 aliphatic heterocycles. The first-order valence-electron chi connectivity index (χ1n) is 3.78. The monoisotopic (exact) mass is 259 g/mol. The van der Waals surface area contributed by atoms with Gasteiger partial charge >= 0.3 is 6.18 Å². The molecule has 0 atom stereocenters. The van der Waals surface area contributed by atoms with Crippen LogP contribution < -0.4 is 0 Å². The molecule has 1 aromatic rings. The van der Waals surface area contributed by atoms with Gasteiger partial charge in [-0.15, -0.1) is 0 Å². The molecule has 0 aliphatic carbocycles. The number of rotatable bonds is 2. The van der Waals surface area contributed by atoms with Gasteiger partial charge < -0.3 is 0 Å². The fourth-order valence-corrected chi connectivity index (χ4v) is 1.20. The molecule has 1 heterocycles. The zero-order chi connectivity index (χ0) is 12.5. The first kappa shape index (κ1) is 12.8. The van der Waals surface area contributed by atoms with E-state index in [-0.39, 0.29) is 6.29 Å². The largest absolute Gasteiger partial charge is 0.434 e. The molecule has 0 radical (unpaired) electrons. The number of aromatic nitrogens is 1. The maximum Gasteiger partial charge on any atom is 0.434 e. The average Bonchev–Trinajstić information content (AvgIpc) is 2.15. The average molecular weight is 260 g/mol. The Balaban J connectivity index is 3.48. The number of carbonyl (C=O) groups is 1. The molecule has 0 bridgehead atoms. The van der Waals surface area contributed by atoms with Gasteiger partial charge in [0.2, 0.25) is 0 Å². The van der Waals surface area contributed by atoms with Crippen molar-refractivity contribution in [2.24, 2.45) is 0 Å². The maximum absolute atomic E-state index is 12.3. The summed E-state index contributed by atoms with van der Waals surface area (Å²) in [5, 5.41) is -0.980. The Hall–Kier alpha value is -1.24. The number of hydrogen-bond acceptors (Lipinski definition) is 2. The van der Waals surface area contributed by atoms with Crippen molar-refractivity contribution in [1.29, 1.82) is 0 Å². The lowest BCUT2D eigenvalue weighted by Gasteiger charge is -2.11. The van der Waals surface area contributed by atoms with Crippen molar-refractivity contribution in [2.45, 2.75) is 12.6 Å². The van der Waals surface area contributed by atoms with Crippen LogP contribution in [0.3, 0.4) is 0 Å². The van der Waals surface area contributed by atoms with Crippen molar-refractivity contribution in [2.75, 3.05) is 0 Å². The van der Waals surface area contributed by atoms with Crippen LogP contribution in [0.4, 0.5) is 22.0 Å². The minimum absolute atomic E-state index is 0.0366. The van der Waals surface area contributed by atoms with E-state index in [1.54, 1.807) is 0 Å². The smallest absolute Gasteiger partial charge is 0.298 e. The molecule has 0 spiro atoms. The number of pyridine rings is 1. The van der Waals surface area contributed by atoms with Crippen molar-refractivity contribution >= 4 is 17.9 Å². The maximum atomic E-state index is 12.3. The molecule has 0 aromatic carbocycles. The molecule has 16 heavy (non-hydrogen) atoms. The molecule has 2 nitrogen and oxygen atoms in total. The third kappa shape index (κ3) is 2.46. The summed E-state index contributed by atoms with van der Waals surface area (Å²) in [5.41, 5.74) is -3.49. The Morgan fingerprint density at radius 2 is 1.94 bits per heavy atom. The van der Waals surface area contributed by atoms with Gasteiger partial charge in [0, 0.05) is 5.56 Å². The normalized spacial score (nSPS) is 11.9. The third-order valence-electron chi connectivity index (χ3n) is 1.62. The molecular weight excluding hydrogens is 257 g/mol. The molecule has 0 amide bonds. The van der Waals surface area contributed by atoms with E-state index in [2.05, 4.69) is 4.98 Å². The van der Waals surface area contributed by atoms with Crippen LogP contribution in [0, 0.1) is 0 Å². The van der Waals surface area contributed by atoms with Crippen LogP contribution in [0.25, 0.3) is 0 Å². The van der Waals surface area contributed by atoms with Crippen LogP contribution in [0.1, 0.15) is 28.2 Å². The summed E-state index contributed by atoms with van der Waals surface area (Å²) in [6.07, 6.45) is -8.23. The Bertz CT molecular complexity index is 418. The third-order valence-corrected chi connectivity index (χ3v) is 2.02. The van der Waals surface area contributed by atoms with E-state index < -0.39 is 34.6 Å². The molecule has 8 heteroatoms. The number of carbonyl (C=O) groups excluding carboxylic acids is 1. The fraction of sp³-hybridized carbons (Fsp3) is 0.250. The van der Waals surface area contributed by atoms with Gasteiger partial charge in [0.15, 0.2) is 12.0 Å². The lowest BCUT2D eigenvalue weighted by atomic mass is 10.2. The topological polar surface area (TPSA) is 30.0 Å². The second-order valence-electron chi connectivity index (χ2n) is 2.72. The van der Waals surface area contributed by atoms with E-state index in [1.165, 1.54) is 0 Å². The highest BCUT2D eigenvalue weighted by Crippen LogP contribution is 2.36. The molecule has 0 fully saturated rings. The van der Waals surface area contributed by atoms with Crippen molar-refractivity contribution in [1.82, 2.24) is 4.98 Å². The number of halogens is 6. The van der Waals surface area contributed by atoms with Crippen LogP contribution in [-0.4, -0.2) is 11.3 Å². The van der Waals surface area contributed by atoms with Gasteiger partial charge in [0.25, 0.3) is 6.43 Å². The van der Waals surface area contributed by atoms with Gasteiger partial charge in [0.1, 0.15) is 5.69 Å². The highest BCUT2D eigenvalue weighted by atomic mass is 35.5. The lowest BCUT2D eigenvalue weighted by Crippen LogP contribution is -2.12. The Labute approximate surface area is 91.0 Å². The fourth-order valence-electron chi connectivity index (χ4n) is 0.955. The molecule has 88 valence electrons. The molecule has 0 aliphatic rings. The van der Waals surface area contributed by atoms with E-state index in [0.29, 0.717) is 6.07 Å². The summed E-state index contributed by atoms with van der Waals surface area (Å²) in [6, 6.07) is 0.523. The zero-order valence-corrected chi connectivity index (χ0v) is 8.11. The molecule has 1 aromatic heterocycles. The summed E-state index contributed by atoms with van der Waals surface area (Å²) >= 11 is 5.21. The van der Waals surface area contributed by atoms with Crippen LogP contribution in [0.2, 0.25) is 5.02 Å². The summed E-state index contributed by atoms with van der Waals surface area (Å²) < 4.78 is 61.3. The van der Waals surface area contributed by atoms with Gasteiger partial charge in [0.05, 0.1) is 5.02 Å². The molecular formula is C8H3ClF5NO. The molecule has 1 rings (SSSR count). The van der Waals surface area contributed by atoms with Gasteiger partial charge in [-0.05, 0) is 6.07 Å². The standard InChI is InChI=1S/C8H3ClF5NO/c9-5-3(2-16)1-4(7(10)11)15-6(5)8(12,13)14/h1-2,7H. The summed E-state index contributed by atoms with van der Waals surface area (Å²) in [6.45, 7) is 0. The van der Waals surface area contributed by atoms with Crippen LogP contribution in [0.15, 0.2) is 6.07 Å². The second kappa shape index (κ2) is 4.32. The number of aldehydes is 1. The number of hydrogen-bond donors (Lipinski definition) is 0. The van der Waals surface area contributed by atoms with E-state index in [1.807, 2.05) is 0 Å². The van der Waals surface area contributed by atoms with Crippen LogP contribution in [-0.2, 0) is 6.18 Å². The van der Waals surface area contributed by atoms with E-state index in [4.69, 9.17) is 11.6 Å². The quantitative estimate of drug-likeness (QED) is 0.601. The second-order valence-corrected chi connectivity index (χ2v) is 3.09. The molecule has 0 saturated carbocycles. The summed E-state index contributed by atoms with van der Waals surface area (Å²) in [4.78, 5) is 13.0. The van der Waals surface area contributed by atoms with Crippen molar-refractivity contribution in [3.63, 3.8) is 0 Å². The highest BCUT2D eigenvalue weighted by Gasteiger charge is 2.37. The van der Waals surface area contributed by atoms with Crippen LogP contribution in [0.5, 0.6) is 0 Å². The summed E-state index contributed by atoms with van der Waals surface area (Å²) in [5.74, 6) is 0. The predicted octanol–water partition coefficient (Wildman–Crippen LogP) is 3.50. The predicted molar refractivity (Wildman–Crippen MR) is 44.6 cm³/mol. The van der Waals surface area contributed by atoms with E-state index >= 15 is 0 Å². The lowest BCUT2D eigenvalue weighted by molar-refractivity contribution is -0.141. The van der Waals surface area contributed by atoms with Gasteiger partial charge in [-0.2, -0.15) is 13.2 Å². The Morgan fingerprint density at radius 1 is 1.38 bits per heavy atom. The number of alkyl halides is 5. The SMILES string of the molecule is O=Cc1cc(C(F)F)nc(C(F)(F)F)c1Cl. The van der Waals surface area contributed by atoms with Gasteiger partial charge in [-0.3, -0.25) is 4.79 Å². The van der Waals surface area contributed by atoms with Crippen molar-refractivity contribution < 1.29 is 26.7 Å². The van der Waals surface area contributed by atoms with Crippen molar-refractivity contribution in [3.8, 4) is 0 Å². The minimum atomic E-state index is -4.99. The van der Waals surface area contributed by atoms with Gasteiger partial charge in [-0.1, -0.05) is 11.6 Å². The zero-order valence-electron chi connectivity index (χ0n) is 7.36. The molecule has 0 N–H and O–H groups in total. The minimum Gasteiger partial charge on any atom is -0.298 e. The van der Waals surface area contributed by atoms with Crippen molar-refractivity contribution in [3.05, 3.63) is 28.0 Å². The van der Waals surface area contributed by atoms with E-state index in [0.717, 1.165) is 0 Å². The van der Waals surface area contributed by atoms with Gasteiger partial charge in [-0.25, -0.2) is 13.8 Å². The Morgan fingerprint density at radius 3 is 2.31 bits per heavy atom. The van der Waals surface area contributed by atoms with E-state index in [9.17, 15) is 26.7 Å². The highest BCUT2D eigenvalue weighted by molar-refractivity contribution is 6.33. The molecule has 0 saturated heterocycles. The first-order valence-corrected chi connectivity index (χ1v) is 4.16. The Kier molecular flexibility index (Phi) is 3.47.